The van der Waals surface area contributed by atoms with E-state index in [-0.39, 0.29) is 23.7 Å². The zero-order valence-corrected chi connectivity index (χ0v) is 20.3. The first-order valence-electron chi connectivity index (χ1n) is 11.1. The second-order valence-corrected chi connectivity index (χ2v) is 10.7. The van der Waals surface area contributed by atoms with Crippen LogP contribution in [-0.4, -0.2) is 22.2 Å². The van der Waals surface area contributed by atoms with Crippen molar-refractivity contribution >= 4 is 50.0 Å². The summed E-state index contributed by atoms with van der Waals surface area (Å²) in [5, 5.41) is 7.98. The van der Waals surface area contributed by atoms with E-state index in [2.05, 4.69) is 34.8 Å². The maximum absolute atomic E-state index is 14.3. The SMILES string of the molecule is CSC1=NC2c3ccccc3C1CC2(C)C(=O)Nc1nc(-c2ccc(F)c3ccccc23)cs1. The number of fused-ring (bicyclic) bond motifs is 2. The minimum atomic E-state index is -0.660. The number of aromatic nitrogens is 1. The van der Waals surface area contributed by atoms with E-state index in [0.29, 0.717) is 10.5 Å². The Kier molecular flexibility index (Phi) is 5.08. The number of nitrogens with one attached hydrogen (secondary N) is 1. The number of halogens is 1. The van der Waals surface area contributed by atoms with Gasteiger partial charge in [-0.1, -0.05) is 48.5 Å². The number of rotatable bonds is 3. The Morgan fingerprint density at radius 2 is 1.82 bits per heavy atom. The molecule has 1 aromatic heterocycles. The van der Waals surface area contributed by atoms with E-state index in [1.807, 2.05) is 36.6 Å². The average molecular weight is 488 g/mol. The number of hydrogen-bond donors (Lipinski definition) is 1. The molecule has 3 aliphatic rings. The molecular weight excluding hydrogens is 465 g/mol. The minimum absolute atomic E-state index is 0.0641. The summed E-state index contributed by atoms with van der Waals surface area (Å²) in [6.45, 7) is 2.01. The van der Waals surface area contributed by atoms with Crippen LogP contribution in [0.2, 0.25) is 0 Å². The van der Waals surface area contributed by atoms with Gasteiger partial charge >= 0.3 is 0 Å². The van der Waals surface area contributed by atoms with Crippen LogP contribution in [0.25, 0.3) is 22.0 Å². The summed E-state index contributed by atoms with van der Waals surface area (Å²) in [5.41, 5.74) is 3.34. The third-order valence-electron chi connectivity index (χ3n) is 7.05. The zero-order valence-electron chi connectivity index (χ0n) is 18.7. The highest BCUT2D eigenvalue weighted by molar-refractivity contribution is 8.13. The van der Waals surface area contributed by atoms with Crippen LogP contribution in [0.15, 0.2) is 71.0 Å². The molecule has 7 heteroatoms. The normalized spacial score (nSPS) is 23.0. The fourth-order valence-electron chi connectivity index (χ4n) is 5.31. The van der Waals surface area contributed by atoms with Crippen LogP contribution in [0.1, 0.15) is 36.4 Å². The lowest BCUT2D eigenvalue weighted by Gasteiger charge is -2.47. The molecule has 4 aromatic rings. The number of benzene rings is 3. The molecule has 3 unspecified atom stereocenters. The first-order valence-corrected chi connectivity index (χ1v) is 13.2. The van der Waals surface area contributed by atoms with Crippen molar-refractivity contribution in [2.24, 2.45) is 10.4 Å². The van der Waals surface area contributed by atoms with Gasteiger partial charge in [0.05, 0.1) is 22.2 Å². The molecule has 0 radical (unpaired) electrons. The van der Waals surface area contributed by atoms with Gasteiger partial charge in [-0.15, -0.1) is 23.1 Å². The first-order chi connectivity index (χ1) is 16.5. The van der Waals surface area contributed by atoms with Gasteiger partial charge in [0.15, 0.2) is 5.13 Å². The van der Waals surface area contributed by atoms with Crippen LogP contribution < -0.4 is 5.32 Å². The van der Waals surface area contributed by atoms with Gasteiger partial charge < -0.3 is 5.32 Å². The highest BCUT2D eigenvalue weighted by Crippen LogP contribution is 2.56. The van der Waals surface area contributed by atoms with Gasteiger partial charge in [-0.05, 0) is 48.2 Å². The average Bonchev–Trinajstić information content (AvgIpc) is 3.33. The molecule has 3 aromatic carbocycles. The summed E-state index contributed by atoms with van der Waals surface area (Å²) < 4.78 is 14.3. The monoisotopic (exact) mass is 487 g/mol. The van der Waals surface area contributed by atoms with Crippen molar-refractivity contribution in [1.29, 1.82) is 0 Å². The van der Waals surface area contributed by atoms with E-state index >= 15 is 0 Å². The zero-order chi connectivity index (χ0) is 23.4. The summed E-state index contributed by atoms with van der Waals surface area (Å²) in [6.07, 6.45) is 2.77. The van der Waals surface area contributed by atoms with Crippen molar-refractivity contribution in [3.05, 3.63) is 83.0 Å². The highest BCUT2D eigenvalue weighted by atomic mass is 32.2. The van der Waals surface area contributed by atoms with Crippen LogP contribution >= 0.6 is 23.1 Å². The summed E-state index contributed by atoms with van der Waals surface area (Å²) in [4.78, 5) is 23.3. The predicted molar refractivity (Wildman–Crippen MR) is 139 cm³/mol. The molecule has 4 nitrogen and oxygen atoms in total. The molecule has 2 bridgehead atoms. The van der Waals surface area contributed by atoms with Gasteiger partial charge in [-0.25, -0.2) is 9.37 Å². The van der Waals surface area contributed by atoms with E-state index in [0.717, 1.165) is 33.7 Å². The Balaban J connectivity index is 1.31. The smallest absolute Gasteiger partial charge is 0.234 e. The van der Waals surface area contributed by atoms with Crippen LogP contribution in [0.4, 0.5) is 9.52 Å². The van der Waals surface area contributed by atoms with Crippen molar-refractivity contribution in [3.8, 4) is 11.3 Å². The number of thiazole rings is 1. The molecule has 2 aliphatic heterocycles. The number of anilines is 1. The fraction of sp³-hybridized carbons (Fsp3) is 0.222. The molecule has 0 saturated carbocycles. The molecule has 3 atom stereocenters. The standard InChI is InChI=1S/C27H22FN3OS2/c1-27(13-20-16-8-4-6-10-19(16)23(27)30-24(20)33-2)25(32)31-26-29-22(14-34-26)18-11-12-21(28)17-9-5-3-7-15(17)18/h3-12,14,20,23H,13H2,1-2H3,(H,29,31,32). The third-order valence-corrected chi connectivity index (χ3v) is 8.62. The lowest BCUT2D eigenvalue weighted by molar-refractivity contribution is -0.127. The lowest BCUT2D eigenvalue weighted by Crippen LogP contribution is -2.46. The Labute approximate surface area is 205 Å². The van der Waals surface area contributed by atoms with Gasteiger partial charge in [0.2, 0.25) is 5.91 Å². The molecule has 34 heavy (non-hydrogen) atoms. The van der Waals surface area contributed by atoms with E-state index in [1.54, 1.807) is 23.9 Å². The Morgan fingerprint density at radius 3 is 2.62 bits per heavy atom. The number of hydrogen-bond acceptors (Lipinski definition) is 5. The van der Waals surface area contributed by atoms with Gasteiger partial charge in [0, 0.05) is 22.2 Å². The second-order valence-electron chi connectivity index (χ2n) is 9.01. The summed E-state index contributed by atoms with van der Waals surface area (Å²) in [5.74, 6) is -0.177. The Hall–Kier alpha value is -3.03. The molecule has 7 rings (SSSR count). The van der Waals surface area contributed by atoms with Crippen molar-refractivity contribution in [2.45, 2.75) is 25.3 Å². The number of amides is 1. The molecule has 0 fully saturated rings. The van der Waals surface area contributed by atoms with Gasteiger partial charge in [-0.3, -0.25) is 9.79 Å². The van der Waals surface area contributed by atoms with Gasteiger partial charge in [0.1, 0.15) is 5.82 Å². The van der Waals surface area contributed by atoms with Crippen LogP contribution in [0.3, 0.4) is 0 Å². The third kappa shape index (κ3) is 3.21. The van der Waals surface area contributed by atoms with Crippen molar-refractivity contribution in [3.63, 3.8) is 0 Å². The van der Waals surface area contributed by atoms with Crippen molar-refractivity contribution in [2.75, 3.05) is 11.6 Å². The van der Waals surface area contributed by atoms with E-state index in [9.17, 15) is 9.18 Å². The lowest BCUT2D eigenvalue weighted by atomic mass is 9.62. The summed E-state index contributed by atoms with van der Waals surface area (Å²) >= 11 is 3.06. The van der Waals surface area contributed by atoms with Crippen LogP contribution in [-0.2, 0) is 4.79 Å². The topological polar surface area (TPSA) is 54.4 Å². The van der Waals surface area contributed by atoms with Crippen LogP contribution in [0, 0.1) is 11.2 Å². The molecule has 1 amide bonds. The van der Waals surface area contributed by atoms with Gasteiger partial charge in [-0.2, -0.15) is 0 Å². The molecule has 1 N–H and O–H groups in total. The Bertz CT molecular complexity index is 1480. The number of aliphatic imine (C=N–C) groups is 1. The number of carbonyl (C=O) groups excluding carboxylic acids is 1. The maximum atomic E-state index is 14.3. The largest absolute Gasteiger partial charge is 0.301 e. The molecule has 170 valence electrons. The van der Waals surface area contributed by atoms with E-state index in [1.165, 1.54) is 23.0 Å². The highest BCUT2D eigenvalue weighted by Gasteiger charge is 2.53. The summed E-state index contributed by atoms with van der Waals surface area (Å²) in [6, 6.07) is 18.7. The Morgan fingerprint density at radius 1 is 1.09 bits per heavy atom. The summed E-state index contributed by atoms with van der Waals surface area (Å²) in [7, 11) is 0. The minimum Gasteiger partial charge on any atom is -0.301 e. The number of carbonyl (C=O) groups is 1. The quantitative estimate of drug-likeness (QED) is 0.337. The molecule has 3 heterocycles. The molecule has 1 aliphatic carbocycles. The first kappa shape index (κ1) is 21.5. The fourth-order valence-corrected chi connectivity index (χ4v) is 6.72. The molecule has 0 spiro atoms. The predicted octanol–water partition coefficient (Wildman–Crippen LogP) is 7.05. The van der Waals surface area contributed by atoms with E-state index < -0.39 is 5.41 Å². The second kappa shape index (κ2) is 8.03. The van der Waals surface area contributed by atoms with Gasteiger partial charge in [0.25, 0.3) is 0 Å². The van der Waals surface area contributed by atoms with Crippen molar-refractivity contribution in [1.82, 2.24) is 4.98 Å². The van der Waals surface area contributed by atoms with Crippen molar-refractivity contribution < 1.29 is 9.18 Å². The number of nitrogens with zero attached hydrogens (tertiary/aromatic N) is 2. The maximum Gasteiger partial charge on any atom is 0.234 e. The molecular formula is C27H22FN3OS2. The molecule has 0 saturated heterocycles. The van der Waals surface area contributed by atoms with Crippen LogP contribution in [0.5, 0.6) is 0 Å². The van der Waals surface area contributed by atoms with E-state index in [4.69, 9.17) is 4.99 Å². The number of thioether (sulfide) groups is 1.